The molecular weight excluding hydrogens is 250 g/mol. The van der Waals surface area contributed by atoms with Gasteiger partial charge in [0.15, 0.2) is 5.15 Å². The predicted octanol–water partition coefficient (Wildman–Crippen LogP) is 3.28. The lowest BCUT2D eigenvalue weighted by molar-refractivity contribution is -0.0864. The predicted molar refractivity (Wildman–Crippen MR) is 73.0 cm³/mol. The van der Waals surface area contributed by atoms with Crippen molar-refractivity contribution < 1.29 is 4.74 Å². The monoisotopic (exact) mass is 269 g/mol. The van der Waals surface area contributed by atoms with Gasteiger partial charge in [0.05, 0.1) is 5.60 Å². The smallest absolute Gasteiger partial charge is 0.151 e. The molecule has 100 valence electrons. The maximum Gasteiger partial charge on any atom is 0.151 e. The highest BCUT2D eigenvalue weighted by Crippen LogP contribution is 2.32. The first-order valence-corrected chi connectivity index (χ1v) is 6.95. The zero-order valence-electron chi connectivity index (χ0n) is 10.9. The van der Waals surface area contributed by atoms with Crippen molar-refractivity contribution >= 4 is 17.4 Å². The summed E-state index contributed by atoms with van der Waals surface area (Å²) in [5.74, 6) is 0.785. The van der Waals surface area contributed by atoms with Gasteiger partial charge in [-0.05, 0) is 37.8 Å². The average Bonchev–Trinajstić information content (AvgIpc) is 2.41. The second kappa shape index (κ2) is 5.85. The van der Waals surface area contributed by atoms with Gasteiger partial charge in [-0.3, -0.25) is 0 Å². The van der Waals surface area contributed by atoms with Gasteiger partial charge in [0.25, 0.3) is 0 Å². The molecule has 5 heteroatoms. The van der Waals surface area contributed by atoms with Crippen LogP contribution < -0.4 is 5.32 Å². The number of hydrogen-bond acceptors (Lipinski definition) is 4. The Morgan fingerprint density at radius 1 is 1.39 bits per heavy atom. The van der Waals surface area contributed by atoms with E-state index in [4.69, 9.17) is 16.3 Å². The zero-order valence-corrected chi connectivity index (χ0v) is 11.7. The minimum Gasteiger partial charge on any atom is -0.375 e. The van der Waals surface area contributed by atoms with E-state index in [2.05, 4.69) is 29.4 Å². The molecule has 0 spiro atoms. The van der Waals surface area contributed by atoms with Crippen molar-refractivity contribution in [3.63, 3.8) is 0 Å². The van der Waals surface area contributed by atoms with Crippen molar-refractivity contribution in [2.24, 2.45) is 0 Å². The van der Waals surface area contributed by atoms with E-state index >= 15 is 0 Å². The molecule has 1 saturated heterocycles. The Bertz CT molecular complexity index is 378. The van der Waals surface area contributed by atoms with Crippen LogP contribution in [-0.2, 0) is 4.74 Å². The molecule has 1 fully saturated rings. The van der Waals surface area contributed by atoms with Gasteiger partial charge in [0.2, 0.25) is 0 Å². The summed E-state index contributed by atoms with van der Waals surface area (Å²) >= 11 is 5.72. The average molecular weight is 270 g/mol. The Hall–Kier alpha value is -0.870. The van der Waals surface area contributed by atoms with Crippen LogP contribution in [0.3, 0.4) is 0 Å². The van der Waals surface area contributed by atoms with E-state index in [0.717, 1.165) is 38.1 Å². The summed E-state index contributed by atoms with van der Waals surface area (Å²) in [4.78, 5) is 0. The molecule has 4 nitrogen and oxygen atoms in total. The van der Waals surface area contributed by atoms with Gasteiger partial charge in [0, 0.05) is 12.6 Å². The molecule has 0 bridgehead atoms. The van der Waals surface area contributed by atoms with E-state index in [1.807, 2.05) is 6.07 Å². The molecule has 1 aliphatic rings. The number of nitrogens with zero attached hydrogens (tertiary/aromatic N) is 2. The van der Waals surface area contributed by atoms with E-state index < -0.39 is 0 Å². The van der Waals surface area contributed by atoms with Crippen molar-refractivity contribution in [2.75, 3.05) is 11.9 Å². The van der Waals surface area contributed by atoms with Gasteiger partial charge < -0.3 is 10.1 Å². The van der Waals surface area contributed by atoms with Crippen molar-refractivity contribution in [3.05, 3.63) is 17.3 Å². The molecule has 1 atom stereocenters. The highest BCUT2D eigenvalue weighted by atomic mass is 35.5. The van der Waals surface area contributed by atoms with Crippen LogP contribution >= 0.6 is 11.6 Å². The van der Waals surface area contributed by atoms with Crippen LogP contribution in [0.2, 0.25) is 5.15 Å². The molecule has 0 radical (unpaired) electrons. The molecule has 0 aliphatic carbocycles. The number of rotatable bonds is 4. The summed E-state index contributed by atoms with van der Waals surface area (Å²) in [6.07, 6.45) is 4.12. The number of hydrogen-bond donors (Lipinski definition) is 1. The molecule has 1 aliphatic heterocycles. The fourth-order valence-electron chi connectivity index (χ4n) is 2.50. The Kier molecular flexibility index (Phi) is 4.40. The van der Waals surface area contributed by atoms with Gasteiger partial charge in [0.1, 0.15) is 5.82 Å². The fraction of sp³-hybridized carbons (Fsp3) is 0.692. The van der Waals surface area contributed by atoms with E-state index in [-0.39, 0.29) is 5.60 Å². The summed E-state index contributed by atoms with van der Waals surface area (Å²) in [6, 6.07) is 4.02. The minimum atomic E-state index is 0.0236. The quantitative estimate of drug-likeness (QED) is 0.911. The Morgan fingerprint density at radius 2 is 2.17 bits per heavy atom. The third-order valence-electron chi connectivity index (χ3n) is 3.77. The number of aromatic nitrogens is 2. The third-order valence-corrected chi connectivity index (χ3v) is 3.97. The van der Waals surface area contributed by atoms with Gasteiger partial charge in [-0.2, -0.15) is 0 Å². The Labute approximate surface area is 113 Å². The first-order chi connectivity index (χ1) is 8.67. The molecule has 1 N–H and O–H groups in total. The van der Waals surface area contributed by atoms with E-state index in [1.165, 1.54) is 0 Å². The largest absolute Gasteiger partial charge is 0.375 e. The third kappa shape index (κ3) is 3.12. The number of anilines is 1. The molecule has 1 aromatic rings. The normalized spacial score (nSPS) is 22.7. The topological polar surface area (TPSA) is 47.0 Å². The van der Waals surface area contributed by atoms with Crippen molar-refractivity contribution in [2.45, 2.75) is 51.2 Å². The highest BCUT2D eigenvalue weighted by Gasteiger charge is 2.34. The summed E-state index contributed by atoms with van der Waals surface area (Å²) in [7, 11) is 0. The minimum absolute atomic E-state index is 0.0236. The van der Waals surface area contributed by atoms with Crippen LogP contribution in [0.4, 0.5) is 5.82 Å². The SMILES string of the molecule is CCC1(CC)CC(Nc2ccc(Cl)nn2)CCO1. The number of nitrogens with one attached hydrogen (secondary N) is 1. The Morgan fingerprint density at radius 3 is 2.78 bits per heavy atom. The highest BCUT2D eigenvalue weighted by molar-refractivity contribution is 6.29. The lowest BCUT2D eigenvalue weighted by Gasteiger charge is -2.40. The zero-order chi connectivity index (χ0) is 13.0. The van der Waals surface area contributed by atoms with Crippen molar-refractivity contribution in [1.82, 2.24) is 10.2 Å². The Balaban J connectivity index is 1.99. The summed E-state index contributed by atoms with van der Waals surface area (Å²) in [5.41, 5.74) is 0.0236. The second-order valence-electron chi connectivity index (χ2n) is 4.81. The van der Waals surface area contributed by atoms with Gasteiger partial charge in [-0.1, -0.05) is 25.4 Å². The molecule has 0 saturated carbocycles. The van der Waals surface area contributed by atoms with Crippen LogP contribution in [0.1, 0.15) is 39.5 Å². The van der Waals surface area contributed by atoms with Crippen LogP contribution in [0, 0.1) is 0 Å². The van der Waals surface area contributed by atoms with Crippen LogP contribution in [0.5, 0.6) is 0 Å². The first kappa shape index (κ1) is 13.6. The van der Waals surface area contributed by atoms with Crippen molar-refractivity contribution in [3.8, 4) is 0 Å². The van der Waals surface area contributed by atoms with Crippen LogP contribution in [0.25, 0.3) is 0 Å². The van der Waals surface area contributed by atoms with Gasteiger partial charge in [-0.15, -0.1) is 10.2 Å². The molecule has 1 aromatic heterocycles. The molecule has 2 rings (SSSR count). The maximum absolute atomic E-state index is 5.95. The summed E-state index contributed by atoms with van der Waals surface area (Å²) < 4.78 is 5.95. The molecular formula is C13H20ClN3O. The number of ether oxygens (including phenoxy) is 1. The van der Waals surface area contributed by atoms with Crippen molar-refractivity contribution in [1.29, 1.82) is 0 Å². The van der Waals surface area contributed by atoms with Crippen LogP contribution in [-0.4, -0.2) is 28.4 Å². The molecule has 2 heterocycles. The number of halogens is 1. The van der Waals surface area contributed by atoms with Crippen LogP contribution in [0.15, 0.2) is 12.1 Å². The van der Waals surface area contributed by atoms with E-state index in [0.29, 0.717) is 11.2 Å². The first-order valence-electron chi connectivity index (χ1n) is 6.57. The lowest BCUT2D eigenvalue weighted by atomic mass is 9.86. The fourth-order valence-corrected chi connectivity index (χ4v) is 2.60. The molecule has 1 unspecified atom stereocenters. The van der Waals surface area contributed by atoms with E-state index in [9.17, 15) is 0 Å². The summed E-state index contributed by atoms with van der Waals surface area (Å²) in [5, 5.41) is 11.7. The van der Waals surface area contributed by atoms with Gasteiger partial charge >= 0.3 is 0 Å². The summed E-state index contributed by atoms with van der Waals surface area (Å²) in [6.45, 7) is 5.18. The molecule has 0 amide bonds. The molecule has 18 heavy (non-hydrogen) atoms. The maximum atomic E-state index is 5.95. The molecule has 0 aromatic carbocycles. The van der Waals surface area contributed by atoms with Gasteiger partial charge in [-0.25, -0.2) is 0 Å². The van der Waals surface area contributed by atoms with E-state index in [1.54, 1.807) is 6.07 Å². The lowest BCUT2D eigenvalue weighted by Crippen LogP contribution is -2.43. The standard InChI is InChI=1S/C13H20ClN3O/c1-3-13(4-2)9-10(7-8-18-13)15-12-6-5-11(14)16-17-12/h5-6,10H,3-4,7-9H2,1-2H3,(H,15,17). The second-order valence-corrected chi connectivity index (χ2v) is 5.20.